The lowest BCUT2D eigenvalue weighted by Crippen LogP contribution is -2.39. The van der Waals surface area contributed by atoms with Crippen molar-refractivity contribution >= 4 is 34.9 Å². The minimum atomic E-state index is -0.535. The zero-order chi connectivity index (χ0) is 41.2. The number of aliphatic hydroxyl groups is 1. The Morgan fingerprint density at radius 3 is 1.64 bits per heavy atom. The van der Waals surface area contributed by atoms with Gasteiger partial charge in [-0.05, 0) is 143 Å². The largest absolute Gasteiger partial charge is 0.479 e. The molecule has 2 aromatic rings. The van der Waals surface area contributed by atoms with Crippen LogP contribution in [0.1, 0.15) is 88.2 Å². The van der Waals surface area contributed by atoms with Crippen LogP contribution < -0.4 is 9.80 Å². The minimum absolute atomic E-state index is 0.0787. The molecular weight excluding hydrogens is 755 g/mol. The molecule has 0 aliphatic carbocycles. The molecular formula is C44H63N7O8. The SMILES string of the molecule is O=C1CCc2ccccc2N1CCCN1CCC(CCO)CC1.O=C1CCc2ccccc2N1CCCN1CCC(CCOC2=NOCC2)CC1.O=[N+]([O-])C1=NOCC1. The van der Waals surface area contributed by atoms with Crippen molar-refractivity contribution in [3.8, 4) is 0 Å². The van der Waals surface area contributed by atoms with Crippen molar-refractivity contribution in [3.63, 3.8) is 0 Å². The van der Waals surface area contributed by atoms with Gasteiger partial charge in [-0.1, -0.05) is 41.6 Å². The molecule has 0 atom stereocenters. The maximum atomic E-state index is 12.4. The molecule has 6 aliphatic heterocycles. The Hall–Kier alpha value is -4.60. The molecule has 8 rings (SSSR count). The standard InChI is InChI=1S/C22H31N3O3.C19H28N2O2.C3H4N2O3/c26-22-7-6-19-4-1-2-5-20(19)25(22)13-3-12-24-14-8-18(9-15-24)10-16-27-21-11-17-28-23-21;22-15-10-16-8-13-20(14-9-16)11-3-12-21-18-5-2-1-4-17(18)6-7-19(21)23;6-5(7)3-1-2-8-4-3/h1-2,4-5,18H,3,6-17H2;1-2,4-5,16,22H,3,6-15H2;1-2H2. The number of carbonyl (C=O) groups is 2. The Kier molecular flexibility index (Phi) is 17.3. The van der Waals surface area contributed by atoms with Gasteiger partial charge in [0.2, 0.25) is 17.7 Å². The van der Waals surface area contributed by atoms with E-state index in [1.807, 2.05) is 21.9 Å². The number of hydrogen-bond donors (Lipinski definition) is 1. The summed E-state index contributed by atoms with van der Waals surface area (Å²) in [6, 6.07) is 16.6. The van der Waals surface area contributed by atoms with Crippen LogP contribution in [0.25, 0.3) is 0 Å². The maximum Gasteiger partial charge on any atom is 0.388 e. The van der Waals surface area contributed by atoms with Crippen LogP contribution >= 0.6 is 0 Å². The predicted octanol–water partition coefficient (Wildman–Crippen LogP) is 5.66. The second-order valence-electron chi connectivity index (χ2n) is 16.2. The lowest BCUT2D eigenvalue weighted by Gasteiger charge is -2.33. The van der Waals surface area contributed by atoms with Crippen LogP contribution in [0.3, 0.4) is 0 Å². The van der Waals surface area contributed by atoms with Crippen molar-refractivity contribution in [3.05, 3.63) is 69.8 Å². The van der Waals surface area contributed by atoms with E-state index < -0.39 is 4.92 Å². The summed E-state index contributed by atoms with van der Waals surface area (Å²) in [6.07, 6.45) is 13.2. The third kappa shape index (κ3) is 13.5. The van der Waals surface area contributed by atoms with Crippen molar-refractivity contribution in [1.29, 1.82) is 0 Å². The number of nitrogens with zero attached hydrogens (tertiary/aromatic N) is 7. The van der Waals surface area contributed by atoms with Crippen molar-refractivity contribution in [1.82, 2.24) is 9.80 Å². The Balaban J connectivity index is 0.000000169. The van der Waals surface area contributed by atoms with Gasteiger partial charge in [0.05, 0.1) is 13.0 Å². The highest BCUT2D eigenvalue weighted by Gasteiger charge is 2.26. The third-order valence-electron chi connectivity index (χ3n) is 12.2. The van der Waals surface area contributed by atoms with Crippen LogP contribution in [0, 0.1) is 22.0 Å². The highest BCUT2D eigenvalue weighted by atomic mass is 16.7. The number of rotatable bonds is 13. The molecule has 1 N–H and O–H groups in total. The molecule has 0 radical (unpaired) electrons. The number of aliphatic hydroxyl groups excluding tert-OH is 1. The van der Waals surface area contributed by atoms with E-state index in [-0.39, 0.29) is 17.6 Å². The number of amidine groups is 1. The van der Waals surface area contributed by atoms with E-state index >= 15 is 0 Å². The average molecular weight is 818 g/mol. The maximum absolute atomic E-state index is 12.4. The van der Waals surface area contributed by atoms with E-state index in [9.17, 15) is 19.7 Å². The number of piperidine rings is 2. The van der Waals surface area contributed by atoms with Gasteiger partial charge in [0.1, 0.15) is 13.0 Å². The van der Waals surface area contributed by atoms with Crippen LogP contribution in [0.2, 0.25) is 0 Å². The zero-order valence-electron chi connectivity index (χ0n) is 34.6. The lowest BCUT2D eigenvalue weighted by atomic mass is 9.94. The summed E-state index contributed by atoms with van der Waals surface area (Å²) in [4.78, 5) is 52.2. The molecule has 0 saturated carbocycles. The fourth-order valence-electron chi connectivity index (χ4n) is 8.73. The van der Waals surface area contributed by atoms with Crippen LogP contribution in [-0.2, 0) is 36.8 Å². The molecule has 6 aliphatic rings. The smallest absolute Gasteiger partial charge is 0.388 e. The molecule has 6 heterocycles. The number of fused-ring (bicyclic) bond motifs is 2. The van der Waals surface area contributed by atoms with Crippen LogP contribution in [0.4, 0.5) is 11.4 Å². The van der Waals surface area contributed by atoms with Gasteiger partial charge in [-0.25, -0.2) is 0 Å². The normalized spacial score (nSPS) is 19.9. The number of ether oxygens (including phenoxy) is 1. The molecule has 0 bridgehead atoms. The van der Waals surface area contributed by atoms with E-state index in [0.717, 1.165) is 127 Å². The number of hydrogen-bond acceptors (Lipinski definition) is 12. The van der Waals surface area contributed by atoms with E-state index in [1.165, 1.54) is 36.8 Å². The van der Waals surface area contributed by atoms with Gasteiger partial charge in [0.25, 0.3) is 0 Å². The fraction of sp³-hybridized carbons (Fsp3) is 0.636. The molecule has 15 nitrogen and oxygen atoms in total. The summed E-state index contributed by atoms with van der Waals surface area (Å²) in [7, 11) is 0. The lowest BCUT2D eigenvalue weighted by molar-refractivity contribution is -0.352. The molecule has 0 aromatic heterocycles. The number of amides is 2. The van der Waals surface area contributed by atoms with Crippen molar-refractivity contribution in [2.24, 2.45) is 22.1 Å². The van der Waals surface area contributed by atoms with Gasteiger partial charge in [-0.2, -0.15) is 0 Å². The van der Waals surface area contributed by atoms with Gasteiger partial charge in [-0.15, -0.1) is 0 Å². The molecule has 15 heteroatoms. The first-order chi connectivity index (χ1) is 28.9. The summed E-state index contributed by atoms with van der Waals surface area (Å²) < 4.78 is 5.68. The number of nitro groups is 1. The monoisotopic (exact) mass is 817 g/mol. The molecule has 2 saturated heterocycles. The van der Waals surface area contributed by atoms with Gasteiger partial charge in [0, 0.05) is 43.9 Å². The highest BCUT2D eigenvalue weighted by Crippen LogP contribution is 2.29. The summed E-state index contributed by atoms with van der Waals surface area (Å²) >= 11 is 0. The quantitative estimate of drug-likeness (QED) is 0.197. The Bertz CT molecular complexity index is 1720. The second-order valence-corrected chi connectivity index (χ2v) is 16.2. The molecule has 2 fully saturated rings. The van der Waals surface area contributed by atoms with E-state index in [2.05, 4.69) is 61.3 Å². The molecule has 2 aromatic carbocycles. The summed E-state index contributed by atoms with van der Waals surface area (Å²) in [5.41, 5.74) is 4.84. The predicted molar refractivity (Wildman–Crippen MR) is 227 cm³/mol. The first-order valence-corrected chi connectivity index (χ1v) is 21.8. The summed E-state index contributed by atoms with van der Waals surface area (Å²) in [6.45, 7) is 10.4. The van der Waals surface area contributed by atoms with Crippen molar-refractivity contribution in [2.75, 3.05) is 88.6 Å². The molecule has 0 unspecified atom stereocenters. The van der Waals surface area contributed by atoms with E-state index in [4.69, 9.17) is 14.7 Å². The minimum Gasteiger partial charge on any atom is -0.479 e. The Morgan fingerprint density at radius 2 is 1.19 bits per heavy atom. The topological polar surface area (TPSA) is 163 Å². The second kappa shape index (κ2) is 23.3. The first-order valence-electron chi connectivity index (χ1n) is 21.8. The van der Waals surface area contributed by atoms with Gasteiger partial charge < -0.3 is 44.4 Å². The van der Waals surface area contributed by atoms with Gasteiger partial charge in [-0.3, -0.25) is 14.4 Å². The number of anilines is 2. The third-order valence-corrected chi connectivity index (χ3v) is 12.2. The van der Waals surface area contributed by atoms with Gasteiger partial charge >= 0.3 is 5.84 Å². The summed E-state index contributed by atoms with van der Waals surface area (Å²) in [5, 5.41) is 25.9. The number of para-hydroxylation sites is 2. The van der Waals surface area contributed by atoms with Gasteiger partial charge in [0.15, 0.2) is 11.8 Å². The Morgan fingerprint density at radius 1 is 0.678 bits per heavy atom. The molecule has 2 amide bonds. The molecule has 59 heavy (non-hydrogen) atoms. The average Bonchev–Trinajstić information content (AvgIpc) is 4.01. The number of likely N-dealkylation sites (tertiary alicyclic amines) is 2. The first kappa shape index (κ1) is 44.0. The molecule has 0 spiro atoms. The number of oxime groups is 2. The van der Waals surface area contributed by atoms with Crippen molar-refractivity contribution < 1.29 is 34.0 Å². The number of aryl methyl sites for hydroxylation is 2. The Labute approximate surface area is 348 Å². The van der Waals surface area contributed by atoms with E-state index in [1.54, 1.807) is 0 Å². The van der Waals surface area contributed by atoms with E-state index in [0.29, 0.717) is 45.0 Å². The van der Waals surface area contributed by atoms with Crippen molar-refractivity contribution in [2.45, 2.75) is 89.9 Å². The number of carbonyl (C=O) groups excluding carboxylic acids is 2. The van der Waals surface area contributed by atoms with Crippen LogP contribution in [0.15, 0.2) is 58.8 Å². The highest BCUT2D eigenvalue weighted by molar-refractivity contribution is 5.97. The fourth-order valence-corrected chi connectivity index (χ4v) is 8.73. The van der Waals surface area contributed by atoms with Crippen LogP contribution in [0.5, 0.6) is 0 Å². The molecule has 322 valence electrons. The summed E-state index contributed by atoms with van der Waals surface area (Å²) in [5.74, 6) is 2.66. The number of benzene rings is 2. The zero-order valence-corrected chi connectivity index (χ0v) is 34.6. The van der Waals surface area contributed by atoms with Crippen LogP contribution in [-0.4, -0.2) is 122 Å².